The molecule has 8 nitrogen and oxygen atoms in total. The maximum Gasteiger partial charge on any atom is 0.264 e. The molecule has 1 N–H and O–H groups in total. The van der Waals surface area contributed by atoms with E-state index in [9.17, 15) is 13.6 Å². The molecular weight excluding hydrogens is 548 g/mol. The van der Waals surface area contributed by atoms with E-state index >= 15 is 0 Å². The summed E-state index contributed by atoms with van der Waals surface area (Å²) >= 11 is 0. The van der Waals surface area contributed by atoms with Crippen LogP contribution in [0.2, 0.25) is 0 Å². The zero-order valence-corrected chi connectivity index (χ0v) is 24.5. The van der Waals surface area contributed by atoms with Crippen LogP contribution in [0.25, 0.3) is 11.1 Å². The number of aryl methyl sites for hydroxylation is 2. The summed E-state index contributed by atoms with van der Waals surface area (Å²) in [5, 5.41) is 13.0. The monoisotopic (exact) mass is 585 g/mol. The number of ketones is 1. The lowest BCUT2D eigenvalue weighted by Gasteiger charge is -2.33. The number of nitrogens with zero attached hydrogens (tertiary/aromatic N) is 6. The molecular formula is C33H37F2N7O. The molecule has 3 aliphatic rings. The molecule has 0 unspecified atom stereocenters. The maximum atomic E-state index is 14.4. The highest BCUT2D eigenvalue weighted by Crippen LogP contribution is 2.43. The number of hydrogen-bond donors (Lipinski definition) is 1. The van der Waals surface area contributed by atoms with Gasteiger partial charge in [-0.3, -0.25) is 19.1 Å². The Hall–Kier alpha value is -3.89. The average molecular weight is 586 g/mol. The molecule has 0 radical (unpaired) electrons. The van der Waals surface area contributed by atoms with Gasteiger partial charge in [0.15, 0.2) is 11.6 Å². The van der Waals surface area contributed by atoms with Crippen molar-refractivity contribution in [2.45, 2.75) is 51.1 Å². The molecule has 1 saturated heterocycles. The van der Waals surface area contributed by atoms with E-state index in [1.165, 1.54) is 11.3 Å². The summed E-state index contributed by atoms with van der Waals surface area (Å²) in [6.07, 6.45) is 5.34. The van der Waals surface area contributed by atoms with Gasteiger partial charge in [0, 0.05) is 86.0 Å². The van der Waals surface area contributed by atoms with Gasteiger partial charge in [-0.25, -0.2) is 8.78 Å². The van der Waals surface area contributed by atoms with Crippen LogP contribution in [0.3, 0.4) is 0 Å². The van der Waals surface area contributed by atoms with E-state index in [0.29, 0.717) is 17.7 Å². The third-order valence-electron chi connectivity index (χ3n) is 9.18. The Morgan fingerprint density at radius 3 is 2.65 bits per heavy atom. The number of benzene rings is 2. The Morgan fingerprint density at radius 1 is 1.09 bits per heavy atom. The fourth-order valence-corrected chi connectivity index (χ4v) is 6.98. The molecule has 224 valence electrons. The Bertz CT molecular complexity index is 1620. The van der Waals surface area contributed by atoms with Crippen molar-refractivity contribution in [2.75, 3.05) is 37.6 Å². The number of hydrogen-bond acceptors (Lipinski definition) is 6. The van der Waals surface area contributed by atoms with Crippen molar-refractivity contribution in [3.8, 4) is 11.1 Å². The first-order valence-corrected chi connectivity index (χ1v) is 15.3. The zero-order valence-electron chi connectivity index (χ0n) is 24.5. The molecule has 7 rings (SSSR count). The smallest absolute Gasteiger partial charge is 0.264 e. The van der Waals surface area contributed by atoms with E-state index in [2.05, 4.69) is 24.9 Å². The second-order valence-corrected chi connectivity index (χ2v) is 11.9. The van der Waals surface area contributed by atoms with Crippen molar-refractivity contribution in [1.29, 1.82) is 0 Å². The number of likely N-dealkylation sites (tertiary alicyclic amines) is 1. The Labute approximate surface area is 250 Å². The van der Waals surface area contributed by atoms with Crippen molar-refractivity contribution < 1.29 is 13.6 Å². The van der Waals surface area contributed by atoms with Crippen LogP contribution in [-0.2, 0) is 26.4 Å². The Balaban J connectivity index is 1.17. The third kappa shape index (κ3) is 5.38. The molecule has 3 aliphatic heterocycles. The summed E-state index contributed by atoms with van der Waals surface area (Å²) in [6, 6.07) is 13.4. The predicted octanol–water partition coefficient (Wildman–Crippen LogP) is 5.47. The van der Waals surface area contributed by atoms with Crippen LogP contribution >= 0.6 is 0 Å². The molecule has 5 heterocycles. The predicted molar refractivity (Wildman–Crippen MR) is 162 cm³/mol. The number of anilines is 2. The van der Waals surface area contributed by atoms with Gasteiger partial charge < -0.3 is 10.2 Å². The average Bonchev–Trinajstić information content (AvgIpc) is 3.65. The lowest BCUT2D eigenvalue weighted by Crippen LogP contribution is -2.38. The zero-order chi connectivity index (χ0) is 29.5. The summed E-state index contributed by atoms with van der Waals surface area (Å²) in [6.45, 7) is 4.46. The number of aromatic nitrogens is 4. The topological polar surface area (TPSA) is 71.2 Å². The SMILES string of the molecule is Cn1cc(-c2cc3c(cc2C(F)F)N(c2nn(C4CCN(CC(=O)c5ccccc5)CC4)c4c2CNCC4)CCC3)cn1. The van der Waals surface area contributed by atoms with Crippen LogP contribution in [0, 0.1) is 0 Å². The van der Waals surface area contributed by atoms with Gasteiger partial charge in [0.05, 0.1) is 18.8 Å². The van der Waals surface area contributed by atoms with Gasteiger partial charge in [-0.05, 0) is 48.9 Å². The normalized spacial score (nSPS) is 17.7. The van der Waals surface area contributed by atoms with E-state index in [4.69, 9.17) is 5.10 Å². The van der Waals surface area contributed by atoms with Gasteiger partial charge in [-0.2, -0.15) is 10.2 Å². The highest BCUT2D eigenvalue weighted by atomic mass is 19.3. The molecule has 43 heavy (non-hydrogen) atoms. The molecule has 4 aromatic rings. The first-order valence-electron chi connectivity index (χ1n) is 15.3. The summed E-state index contributed by atoms with van der Waals surface area (Å²) in [5.41, 5.74) is 6.38. The van der Waals surface area contributed by atoms with Crippen LogP contribution in [-0.4, -0.2) is 63.0 Å². The molecule has 2 aromatic carbocycles. The fraction of sp³-hybridized carbons (Fsp3) is 0.424. The highest BCUT2D eigenvalue weighted by Gasteiger charge is 2.33. The number of rotatable bonds is 7. The van der Waals surface area contributed by atoms with Gasteiger partial charge in [0.1, 0.15) is 0 Å². The van der Waals surface area contributed by atoms with E-state index in [-0.39, 0.29) is 17.4 Å². The summed E-state index contributed by atoms with van der Waals surface area (Å²) in [4.78, 5) is 17.2. The van der Waals surface area contributed by atoms with Crippen LogP contribution < -0.4 is 10.2 Å². The molecule has 0 atom stereocenters. The number of Topliss-reactive ketones (excluding diaryl/α,β-unsaturated/α-hetero) is 1. The Kier molecular flexibility index (Phi) is 7.56. The second-order valence-electron chi connectivity index (χ2n) is 11.9. The van der Waals surface area contributed by atoms with Crippen LogP contribution in [0.5, 0.6) is 0 Å². The lowest BCUT2D eigenvalue weighted by atomic mass is 9.93. The van der Waals surface area contributed by atoms with Gasteiger partial charge in [0.2, 0.25) is 0 Å². The van der Waals surface area contributed by atoms with Gasteiger partial charge in [-0.1, -0.05) is 30.3 Å². The molecule has 1 fully saturated rings. The maximum absolute atomic E-state index is 14.4. The van der Waals surface area contributed by atoms with Crippen LogP contribution in [0.15, 0.2) is 54.9 Å². The van der Waals surface area contributed by atoms with Crippen molar-refractivity contribution in [1.82, 2.24) is 29.8 Å². The Morgan fingerprint density at radius 2 is 1.91 bits per heavy atom. The van der Waals surface area contributed by atoms with E-state index < -0.39 is 6.43 Å². The molecule has 0 bridgehead atoms. The van der Waals surface area contributed by atoms with Gasteiger partial charge >= 0.3 is 0 Å². The van der Waals surface area contributed by atoms with Gasteiger partial charge in [0.25, 0.3) is 6.43 Å². The summed E-state index contributed by atoms with van der Waals surface area (Å²) in [7, 11) is 1.80. The van der Waals surface area contributed by atoms with E-state index in [1.54, 1.807) is 30.2 Å². The summed E-state index contributed by atoms with van der Waals surface area (Å²) < 4.78 is 32.8. The molecule has 10 heteroatoms. The van der Waals surface area contributed by atoms with E-state index in [0.717, 1.165) is 87.5 Å². The third-order valence-corrected chi connectivity index (χ3v) is 9.18. The minimum absolute atomic E-state index is 0.0301. The standard InChI is InChI=1S/C33H37F2N7O/c1-39-20-24(18-37-39)26-16-23-8-5-13-41(30(23)17-27(26)32(34)35)33-28-19-36-12-9-29(28)42(38-33)25-10-14-40(15-11-25)21-31(43)22-6-3-2-4-7-22/h2-4,6-7,16-18,20,25,32,36H,5,8-15,19,21H2,1H3. The fourth-order valence-electron chi connectivity index (χ4n) is 6.98. The summed E-state index contributed by atoms with van der Waals surface area (Å²) in [5.74, 6) is 1.04. The largest absolute Gasteiger partial charge is 0.324 e. The first-order chi connectivity index (χ1) is 21.0. The molecule has 0 amide bonds. The number of nitrogens with one attached hydrogen (secondary N) is 1. The number of piperidine rings is 1. The molecule has 0 spiro atoms. The molecule has 0 aliphatic carbocycles. The molecule has 2 aromatic heterocycles. The minimum Gasteiger partial charge on any atom is -0.324 e. The quantitative estimate of drug-likeness (QED) is 0.290. The van der Waals surface area contributed by atoms with Crippen molar-refractivity contribution in [3.63, 3.8) is 0 Å². The van der Waals surface area contributed by atoms with Crippen molar-refractivity contribution in [2.24, 2.45) is 7.05 Å². The van der Waals surface area contributed by atoms with Crippen molar-refractivity contribution in [3.05, 3.63) is 82.8 Å². The number of carbonyl (C=O) groups is 1. The second kappa shape index (κ2) is 11.7. The highest BCUT2D eigenvalue weighted by molar-refractivity contribution is 5.97. The minimum atomic E-state index is -2.60. The molecule has 0 saturated carbocycles. The number of carbonyl (C=O) groups excluding carboxylic acids is 1. The first kappa shape index (κ1) is 27.9. The van der Waals surface area contributed by atoms with Crippen molar-refractivity contribution >= 4 is 17.3 Å². The number of halogens is 2. The van der Waals surface area contributed by atoms with Crippen LogP contribution in [0.1, 0.15) is 64.5 Å². The van der Waals surface area contributed by atoms with Gasteiger partial charge in [-0.15, -0.1) is 0 Å². The lowest BCUT2D eigenvalue weighted by molar-refractivity contribution is 0.0894. The van der Waals surface area contributed by atoms with E-state index in [1.807, 2.05) is 36.4 Å². The number of alkyl halides is 2. The number of fused-ring (bicyclic) bond motifs is 2. The van der Waals surface area contributed by atoms with Crippen LogP contribution in [0.4, 0.5) is 20.3 Å².